The van der Waals surface area contributed by atoms with E-state index >= 15 is 0 Å². The van der Waals surface area contributed by atoms with Gasteiger partial charge in [-0.15, -0.1) is 12.4 Å². The van der Waals surface area contributed by atoms with Gasteiger partial charge in [-0.3, -0.25) is 9.69 Å². The van der Waals surface area contributed by atoms with Crippen molar-refractivity contribution in [3.8, 4) is 0 Å². The van der Waals surface area contributed by atoms with Gasteiger partial charge in [-0.1, -0.05) is 5.16 Å². The summed E-state index contributed by atoms with van der Waals surface area (Å²) in [7, 11) is 0. The molecule has 0 bridgehead atoms. The Bertz CT molecular complexity index is 428. The Morgan fingerprint density at radius 1 is 1.60 bits per heavy atom. The molecule has 0 saturated carbocycles. The Morgan fingerprint density at radius 2 is 2.25 bits per heavy atom. The van der Waals surface area contributed by atoms with E-state index in [9.17, 15) is 4.79 Å². The van der Waals surface area contributed by atoms with Crippen LogP contribution in [0.2, 0.25) is 0 Å². The first-order valence-electron chi connectivity index (χ1n) is 6.75. The quantitative estimate of drug-likeness (QED) is 0.878. The number of aryl methyl sites for hydroxylation is 1. The highest BCUT2D eigenvalue weighted by Gasteiger charge is 2.23. The number of rotatable bonds is 4. The SMILES string of the molecule is Cc1cc(NC(=O)CN2CCC(C(C)N)CC2)no1.Cl. The normalized spacial score (nSPS) is 18.4. The van der Waals surface area contributed by atoms with E-state index in [4.69, 9.17) is 10.3 Å². The maximum atomic E-state index is 11.8. The average molecular weight is 303 g/mol. The number of nitrogens with one attached hydrogen (secondary N) is 1. The van der Waals surface area contributed by atoms with Crippen molar-refractivity contribution in [1.82, 2.24) is 10.1 Å². The van der Waals surface area contributed by atoms with E-state index in [0.717, 1.165) is 25.9 Å². The highest BCUT2D eigenvalue weighted by atomic mass is 35.5. The number of aromatic nitrogens is 1. The van der Waals surface area contributed by atoms with Crippen molar-refractivity contribution in [2.24, 2.45) is 11.7 Å². The summed E-state index contributed by atoms with van der Waals surface area (Å²) in [5.74, 6) is 1.70. The largest absolute Gasteiger partial charge is 0.360 e. The van der Waals surface area contributed by atoms with Gasteiger partial charge in [-0.25, -0.2) is 0 Å². The van der Waals surface area contributed by atoms with Crippen molar-refractivity contribution in [3.05, 3.63) is 11.8 Å². The van der Waals surface area contributed by atoms with E-state index < -0.39 is 0 Å². The van der Waals surface area contributed by atoms with Crippen molar-refractivity contribution in [2.45, 2.75) is 32.7 Å². The van der Waals surface area contributed by atoms with Crippen LogP contribution in [-0.4, -0.2) is 41.6 Å². The number of carbonyl (C=O) groups is 1. The lowest BCUT2D eigenvalue weighted by Crippen LogP contribution is -2.42. The van der Waals surface area contributed by atoms with Gasteiger partial charge in [0.05, 0.1) is 6.54 Å². The van der Waals surface area contributed by atoms with Gasteiger partial charge in [-0.05, 0) is 45.7 Å². The molecule has 1 atom stereocenters. The zero-order valence-corrected chi connectivity index (χ0v) is 12.8. The molecule has 6 nitrogen and oxygen atoms in total. The number of piperidine rings is 1. The van der Waals surface area contributed by atoms with Gasteiger partial charge in [0.15, 0.2) is 5.82 Å². The number of likely N-dealkylation sites (tertiary alicyclic amines) is 1. The van der Waals surface area contributed by atoms with Crippen LogP contribution in [0.25, 0.3) is 0 Å². The number of nitrogens with two attached hydrogens (primary N) is 1. The number of anilines is 1. The molecule has 20 heavy (non-hydrogen) atoms. The number of hydrogen-bond acceptors (Lipinski definition) is 5. The Hall–Kier alpha value is -1.11. The number of nitrogens with zero attached hydrogens (tertiary/aromatic N) is 2. The molecule has 0 aromatic carbocycles. The summed E-state index contributed by atoms with van der Waals surface area (Å²) in [5, 5.41) is 6.48. The maximum Gasteiger partial charge on any atom is 0.239 e. The van der Waals surface area contributed by atoms with Crippen molar-refractivity contribution >= 4 is 24.1 Å². The minimum atomic E-state index is -0.0486. The van der Waals surface area contributed by atoms with Gasteiger partial charge in [0.2, 0.25) is 5.91 Å². The third-order valence-electron chi connectivity index (χ3n) is 3.64. The topological polar surface area (TPSA) is 84.4 Å². The predicted molar refractivity (Wildman–Crippen MR) is 79.9 cm³/mol. The lowest BCUT2D eigenvalue weighted by molar-refractivity contribution is -0.117. The van der Waals surface area contributed by atoms with Crippen LogP contribution in [-0.2, 0) is 4.79 Å². The Kier molecular flexibility index (Phi) is 6.45. The van der Waals surface area contributed by atoms with Crippen LogP contribution in [0.5, 0.6) is 0 Å². The lowest BCUT2D eigenvalue weighted by Gasteiger charge is -2.33. The van der Waals surface area contributed by atoms with Crippen LogP contribution >= 0.6 is 12.4 Å². The molecule has 2 heterocycles. The summed E-state index contributed by atoms with van der Waals surface area (Å²) in [4.78, 5) is 14.0. The highest BCUT2D eigenvalue weighted by Crippen LogP contribution is 2.19. The molecule has 1 aromatic heterocycles. The number of hydrogen-bond donors (Lipinski definition) is 2. The van der Waals surface area contributed by atoms with Crippen LogP contribution < -0.4 is 11.1 Å². The van der Waals surface area contributed by atoms with E-state index in [1.165, 1.54) is 0 Å². The van der Waals surface area contributed by atoms with Crippen molar-refractivity contribution in [2.75, 3.05) is 25.0 Å². The first-order valence-corrected chi connectivity index (χ1v) is 6.75. The van der Waals surface area contributed by atoms with E-state index in [0.29, 0.717) is 24.0 Å². The van der Waals surface area contributed by atoms with Gasteiger partial charge in [-0.2, -0.15) is 0 Å². The third-order valence-corrected chi connectivity index (χ3v) is 3.64. The number of amides is 1. The molecule has 1 aliphatic rings. The molecule has 1 unspecified atom stereocenters. The van der Waals surface area contributed by atoms with Crippen LogP contribution in [0, 0.1) is 12.8 Å². The predicted octanol–water partition coefficient (Wildman–Crippen LogP) is 1.40. The summed E-state index contributed by atoms with van der Waals surface area (Å²) in [6, 6.07) is 1.95. The molecule has 114 valence electrons. The summed E-state index contributed by atoms with van der Waals surface area (Å²) in [6.07, 6.45) is 2.13. The second-order valence-corrected chi connectivity index (χ2v) is 5.34. The average Bonchev–Trinajstić information content (AvgIpc) is 2.75. The number of carbonyl (C=O) groups excluding carboxylic acids is 1. The second kappa shape index (κ2) is 7.61. The minimum absolute atomic E-state index is 0. The fraction of sp³-hybridized carbons (Fsp3) is 0.692. The molecule has 0 radical (unpaired) electrons. The van der Waals surface area contributed by atoms with E-state index in [1.807, 2.05) is 0 Å². The Morgan fingerprint density at radius 3 is 2.75 bits per heavy atom. The Labute approximate surface area is 125 Å². The first kappa shape index (κ1) is 16.9. The summed E-state index contributed by atoms with van der Waals surface area (Å²) >= 11 is 0. The van der Waals surface area contributed by atoms with Crippen LogP contribution in [0.15, 0.2) is 10.6 Å². The van der Waals surface area contributed by atoms with Gasteiger partial charge in [0, 0.05) is 12.1 Å². The molecule has 1 aromatic rings. The van der Waals surface area contributed by atoms with E-state index in [1.54, 1.807) is 13.0 Å². The lowest BCUT2D eigenvalue weighted by atomic mass is 9.91. The second-order valence-electron chi connectivity index (χ2n) is 5.34. The van der Waals surface area contributed by atoms with Gasteiger partial charge in [0.1, 0.15) is 5.76 Å². The zero-order valence-electron chi connectivity index (χ0n) is 12.0. The molecule has 1 fully saturated rings. The van der Waals surface area contributed by atoms with Crippen molar-refractivity contribution in [1.29, 1.82) is 0 Å². The fourth-order valence-electron chi connectivity index (χ4n) is 2.45. The zero-order chi connectivity index (χ0) is 13.8. The molecular formula is C13H23ClN4O2. The smallest absolute Gasteiger partial charge is 0.239 e. The van der Waals surface area contributed by atoms with Gasteiger partial charge in [0.25, 0.3) is 0 Å². The minimum Gasteiger partial charge on any atom is -0.360 e. The molecule has 7 heteroatoms. The maximum absolute atomic E-state index is 11.8. The van der Waals surface area contributed by atoms with Crippen LogP contribution in [0.3, 0.4) is 0 Å². The summed E-state index contributed by atoms with van der Waals surface area (Å²) < 4.78 is 4.90. The van der Waals surface area contributed by atoms with Gasteiger partial charge < -0.3 is 15.6 Å². The number of halogens is 1. The first-order chi connectivity index (χ1) is 9.04. The molecular weight excluding hydrogens is 280 g/mol. The summed E-state index contributed by atoms with van der Waals surface area (Å²) in [5.41, 5.74) is 5.90. The highest BCUT2D eigenvalue weighted by molar-refractivity contribution is 5.91. The van der Waals surface area contributed by atoms with Gasteiger partial charge >= 0.3 is 0 Å². The standard InChI is InChI=1S/C13H22N4O2.ClH/c1-9-7-12(16-19-9)15-13(18)8-17-5-3-11(4-6-17)10(2)14;/h7,10-11H,3-6,8,14H2,1-2H3,(H,15,16,18);1H. The molecule has 1 amide bonds. The van der Waals surface area contributed by atoms with Crippen LogP contribution in [0.1, 0.15) is 25.5 Å². The molecule has 1 aliphatic heterocycles. The molecule has 2 rings (SSSR count). The monoisotopic (exact) mass is 302 g/mol. The van der Waals surface area contributed by atoms with E-state index in [-0.39, 0.29) is 24.4 Å². The van der Waals surface area contributed by atoms with Crippen LogP contribution in [0.4, 0.5) is 5.82 Å². The molecule has 3 N–H and O–H groups in total. The molecule has 1 saturated heterocycles. The molecule has 0 aliphatic carbocycles. The fourth-order valence-corrected chi connectivity index (χ4v) is 2.45. The summed E-state index contributed by atoms with van der Waals surface area (Å²) in [6.45, 7) is 6.11. The van der Waals surface area contributed by atoms with Crippen molar-refractivity contribution < 1.29 is 9.32 Å². The van der Waals surface area contributed by atoms with Crippen molar-refractivity contribution in [3.63, 3.8) is 0 Å². The van der Waals surface area contributed by atoms with E-state index in [2.05, 4.69) is 22.3 Å². The Balaban J connectivity index is 0.00000200. The third kappa shape index (κ3) is 4.77. The molecule has 0 spiro atoms.